The molecule has 6 heteroatoms. The fourth-order valence-electron chi connectivity index (χ4n) is 0.840. The maximum Gasteiger partial charge on any atom is 1.00 e. The van der Waals surface area contributed by atoms with E-state index in [0.29, 0.717) is 6.61 Å². The summed E-state index contributed by atoms with van der Waals surface area (Å²) in [5.74, 6) is -2.49. The molecule has 2 atom stereocenters. The summed E-state index contributed by atoms with van der Waals surface area (Å²) in [6.07, 6.45) is -0.124. The molecule has 1 fully saturated rings. The average molecular weight is 190 g/mol. The number of hydrogen-bond donors (Lipinski definition) is 1. The minimum Gasteiger partial charge on any atom is -1.00 e. The van der Waals surface area contributed by atoms with Crippen molar-refractivity contribution >= 4 is 5.97 Å². The van der Waals surface area contributed by atoms with E-state index in [1.165, 1.54) is 6.92 Å². The van der Waals surface area contributed by atoms with E-state index >= 15 is 0 Å². The van der Waals surface area contributed by atoms with Crippen molar-refractivity contribution in [3.05, 3.63) is 0 Å². The maximum atomic E-state index is 10.4. The van der Waals surface area contributed by atoms with Crippen LogP contribution in [0.25, 0.3) is 0 Å². The molecule has 1 heterocycles. The van der Waals surface area contributed by atoms with Crippen LogP contribution in [-0.2, 0) is 14.3 Å². The molecule has 68 valence electrons. The molecule has 0 radical (unpaired) electrons. The van der Waals surface area contributed by atoms with Gasteiger partial charge >= 0.3 is 35.5 Å². The van der Waals surface area contributed by atoms with Crippen molar-refractivity contribution in [2.24, 2.45) is 0 Å². The van der Waals surface area contributed by atoms with Crippen molar-refractivity contribution < 1.29 is 55.1 Å². The summed E-state index contributed by atoms with van der Waals surface area (Å²) in [6, 6.07) is 0. The Bertz CT molecular complexity index is 171. The molecule has 0 saturated carbocycles. The van der Waals surface area contributed by atoms with Crippen LogP contribution in [0.4, 0.5) is 4.70 Å². The molecule has 1 aliphatic heterocycles. The summed E-state index contributed by atoms with van der Waals surface area (Å²) >= 11 is 0. The monoisotopic (exact) mass is 190 g/mol. The van der Waals surface area contributed by atoms with E-state index in [4.69, 9.17) is 14.6 Å². The average Bonchev–Trinajstić information content (AvgIpc) is 2.13. The second kappa shape index (κ2) is 5.14. The summed E-state index contributed by atoms with van der Waals surface area (Å²) in [5.41, 5.74) is 0. The molecule has 0 aromatic rings. The van der Waals surface area contributed by atoms with Gasteiger partial charge in [0.05, 0.1) is 12.7 Å². The van der Waals surface area contributed by atoms with Gasteiger partial charge < -0.3 is 16.0 Å². The van der Waals surface area contributed by atoms with Crippen LogP contribution in [0.5, 0.6) is 0 Å². The zero-order valence-corrected chi connectivity index (χ0v) is 9.36. The molecule has 0 aromatic carbocycles. The number of carboxylic acids is 1. The molecular weight excluding hydrogens is 178 g/mol. The molecule has 0 bridgehead atoms. The third-order valence-electron chi connectivity index (χ3n) is 1.41. The fraction of sp³-hybridized carbons (Fsp3) is 0.833. The van der Waals surface area contributed by atoms with Gasteiger partial charge in [-0.25, -0.2) is 4.79 Å². The van der Waals surface area contributed by atoms with Gasteiger partial charge in [-0.2, -0.15) is 0 Å². The van der Waals surface area contributed by atoms with Gasteiger partial charge in [-0.3, -0.25) is 4.70 Å². The molecule has 12 heavy (non-hydrogen) atoms. The van der Waals surface area contributed by atoms with Crippen LogP contribution in [0.3, 0.4) is 0 Å². The fourth-order valence-corrected chi connectivity index (χ4v) is 0.840. The van der Waals surface area contributed by atoms with E-state index in [1.54, 1.807) is 6.92 Å². The first-order valence-electron chi connectivity index (χ1n) is 3.10. The van der Waals surface area contributed by atoms with E-state index in [2.05, 4.69) is 0 Å². The van der Waals surface area contributed by atoms with Gasteiger partial charge in [0, 0.05) is 6.92 Å². The van der Waals surface area contributed by atoms with Crippen LogP contribution in [0.2, 0.25) is 0 Å². The van der Waals surface area contributed by atoms with E-state index in [1.807, 2.05) is 0 Å². The van der Waals surface area contributed by atoms with Crippen molar-refractivity contribution in [2.45, 2.75) is 25.7 Å². The van der Waals surface area contributed by atoms with Crippen molar-refractivity contribution in [3.63, 3.8) is 0 Å². The van der Waals surface area contributed by atoms with Gasteiger partial charge in [0.25, 0.3) is 5.79 Å². The van der Waals surface area contributed by atoms with Gasteiger partial charge in [0.1, 0.15) is 0 Å². The smallest absolute Gasteiger partial charge is 1.00 e. The Kier molecular flexibility index (Phi) is 6.35. The van der Waals surface area contributed by atoms with Crippen LogP contribution < -0.4 is 29.6 Å². The summed E-state index contributed by atoms with van der Waals surface area (Å²) in [7, 11) is 0. The Hall–Kier alpha value is 0.320. The Labute approximate surface area is 93.4 Å². The molecule has 0 aromatic heterocycles. The number of hydrogen-bond acceptors (Lipinski definition) is 3. The van der Waals surface area contributed by atoms with Crippen LogP contribution in [-0.4, -0.2) is 29.6 Å². The predicted octanol–water partition coefficient (Wildman–Crippen LogP) is -2.51. The predicted molar refractivity (Wildman–Crippen MR) is 36.2 cm³/mol. The molecule has 2 unspecified atom stereocenters. The van der Waals surface area contributed by atoms with E-state index < -0.39 is 11.8 Å². The number of rotatable bonds is 1. The molecule has 0 aliphatic carbocycles. The van der Waals surface area contributed by atoms with Crippen molar-refractivity contribution in [1.29, 1.82) is 0 Å². The van der Waals surface area contributed by atoms with Gasteiger partial charge in [-0.05, 0) is 6.92 Å². The maximum absolute atomic E-state index is 10.4. The third-order valence-corrected chi connectivity index (χ3v) is 1.41. The van der Waals surface area contributed by atoms with Gasteiger partial charge in [-0.1, -0.05) is 0 Å². The zero-order valence-electron chi connectivity index (χ0n) is 8.36. The van der Waals surface area contributed by atoms with Crippen LogP contribution in [0.15, 0.2) is 0 Å². The third kappa shape index (κ3) is 2.99. The second-order valence-corrected chi connectivity index (χ2v) is 2.49. The summed E-state index contributed by atoms with van der Waals surface area (Å²) in [6.45, 7) is 3.52. The molecule has 0 amide bonds. The van der Waals surface area contributed by atoms with Crippen LogP contribution in [0.1, 0.15) is 15.3 Å². The molecule has 1 saturated heterocycles. The van der Waals surface area contributed by atoms with Crippen molar-refractivity contribution in [1.82, 2.24) is 0 Å². The first-order valence-corrected chi connectivity index (χ1v) is 3.10. The van der Waals surface area contributed by atoms with Crippen LogP contribution in [0, 0.1) is 0 Å². The van der Waals surface area contributed by atoms with Gasteiger partial charge in [0.2, 0.25) is 0 Å². The zero-order chi connectivity index (χ0) is 7.78. The molecule has 0 spiro atoms. The molecule has 1 rings (SSSR count). The minimum absolute atomic E-state index is 0. The number of carbonyl (C=O) groups is 1. The minimum atomic E-state index is -1.42. The normalized spacial score (nSPS) is 33.3. The van der Waals surface area contributed by atoms with Crippen molar-refractivity contribution in [2.75, 3.05) is 6.61 Å². The number of aliphatic carboxylic acids is 1. The molecule has 1 N–H and O–H groups in total. The number of ether oxygens (including phenoxy) is 2. The quantitative estimate of drug-likeness (QED) is 0.464. The molecule has 1 aliphatic rings. The second-order valence-electron chi connectivity index (χ2n) is 2.49. The first-order chi connectivity index (χ1) is 4.54. The molecular formula is C6H12FNaO4. The van der Waals surface area contributed by atoms with E-state index in [-0.39, 0.29) is 41.8 Å². The topological polar surface area (TPSA) is 55.8 Å². The Morgan fingerprint density at radius 3 is 2.42 bits per heavy atom. The largest absolute Gasteiger partial charge is 1.00 e. The Balaban J connectivity index is -0.000000333. The molecule has 4 nitrogen and oxygen atoms in total. The number of halogens is 1. The SMILES string of the molecule is CC1COC(C)(C(=O)O)O1.F.[H-].[Na+]. The number of carboxylic acid groups (broad SMARTS) is 1. The standard InChI is InChI=1S/C6H10O4.FH.Na.H/c1-4-3-9-6(2,10-4)5(7)8;;;/h4H,3H2,1-2H3,(H,7,8);1H;;/q;;+1;-1. The summed E-state index contributed by atoms with van der Waals surface area (Å²) < 4.78 is 9.88. The van der Waals surface area contributed by atoms with Gasteiger partial charge in [0.15, 0.2) is 0 Å². The van der Waals surface area contributed by atoms with Gasteiger partial charge in [-0.15, -0.1) is 0 Å². The Morgan fingerprint density at radius 2 is 2.25 bits per heavy atom. The van der Waals surface area contributed by atoms with Crippen molar-refractivity contribution in [3.8, 4) is 0 Å². The summed E-state index contributed by atoms with van der Waals surface area (Å²) in [4.78, 5) is 10.4. The van der Waals surface area contributed by atoms with E-state index in [9.17, 15) is 4.79 Å². The summed E-state index contributed by atoms with van der Waals surface area (Å²) in [5, 5.41) is 8.54. The van der Waals surface area contributed by atoms with E-state index in [0.717, 1.165) is 0 Å². The Morgan fingerprint density at radius 1 is 1.75 bits per heavy atom. The first kappa shape index (κ1) is 14.8. The van der Waals surface area contributed by atoms with Crippen LogP contribution >= 0.6 is 0 Å².